The van der Waals surface area contributed by atoms with Crippen LogP contribution in [0.15, 0.2) is 56.1 Å². The van der Waals surface area contributed by atoms with E-state index in [2.05, 4.69) is 15.3 Å². The molecule has 2 heterocycles. The van der Waals surface area contributed by atoms with Crippen LogP contribution < -0.4 is 5.01 Å². The Hall–Kier alpha value is -2.94. The highest BCUT2D eigenvalue weighted by atomic mass is 32.2. The van der Waals surface area contributed by atoms with Gasteiger partial charge >= 0.3 is 5.97 Å². The molecule has 134 valence electrons. The van der Waals surface area contributed by atoms with E-state index in [4.69, 9.17) is 4.42 Å². The first-order chi connectivity index (χ1) is 12.5. The predicted molar refractivity (Wildman–Crippen MR) is 95.8 cm³/mol. The van der Waals surface area contributed by atoms with Gasteiger partial charge in [0.1, 0.15) is 0 Å². The average Bonchev–Trinajstić information content (AvgIpc) is 3.20. The normalized spacial score (nSPS) is 17.5. The van der Waals surface area contributed by atoms with Crippen molar-refractivity contribution >= 4 is 35.0 Å². The number of benzene rings is 1. The Morgan fingerprint density at radius 2 is 2.08 bits per heavy atom. The lowest BCUT2D eigenvalue weighted by atomic mass is 10.0. The van der Waals surface area contributed by atoms with Crippen LogP contribution in [0, 0.1) is 5.92 Å². The number of anilines is 1. The van der Waals surface area contributed by atoms with E-state index in [1.165, 1.54) is 11.1 Å². The molecule has 0 radical (unpaired) electrons. The fraction of sp³-hybridized carbons (Fsp3) is 0.235. The summed E-state index contributed by atoms with van der Waals surface area (Å²) in [7, 11) is 0. The van der Waals surface area contributed by atoms with Crippen molar-refractivity contribution in [2.24, 2.45) is 11.0 Å². The molecule has 1 N–H and O–H groups in total. The van der Waals surface area contributed by atoms with Gasteiger partial charge < -0.3 is 9.52 Å². The van der Waals surface area contributed by atoms with Gasteiger partial charge in [0.05, 0.1) is 22.2 Å². The number of hydrogen-bond donors (Lipinski definition) is 1. The van der Waals surface area contributed by atoms with Gasteiger partial charge in [-0.2, -0.15) is 10.1 Å². The number of aliphatic carboxylic acids is 1. The molecule has 1 amide bonds. The van der Waals surface area contributed by atoms with E-state index in [1.54, 1.807) is 31.2 Å². The number of carbonyl (C=O) groups excluding carboxylic acids is 1. The Morgan fingerprint density at radius 1 is 1.35 bits per heavy atom. The first-order valence-electron chi connectivity index (χ1n) is 7.89. The summed E-state index contributed by atoms with van der Waals surface area (Å²) >= 11 is 0.817. The summed E-state index contributed by atoms with van der Waals surface area (Å²) in [5.74, 6) is -1.83. The van der Waals surface area contributed by atoms with E-state index in [9.17, 15) is 14.7 Å². The zero-order chi connectivity index (χ0) is 18.7. The number of aryl methyl sites for hydroxylation is 1. The summed E-state index contributed by atoms with van der Waals surface area (Å²) in [5, 5.41) is 22.7. The number of carbonyl (C=O) groups is 2. The van der Waals surface area contributed by atoms with E-state index in [0.717, 1.165) is 11.8 Å². The maximum atomic E-state index is 12.7. The highest BCUT2D eigenvalue weighted by Gasteiger charge is 2.34. The molecule has 1 aromatic carbocycles. The monoisotopic (exact) mass is 372 g/mol. The highest BCUT2D eigenvalue weighted by Crippen LogP contribution is 2.30. The smallest absolute Gasteiger partial charge is 0.342 e. The van der Waals surface area contributed by atoms with Gasteiger partial charge in [0.15, 0.2) is 0 Å². The van der Waals surface area contributed by atoms with Crippen molar-refractivity contribution in [1.29, 1.82) is 0 Å². The zero-order valence-corrected chi connectivity index (χ0v) is 14.9. The van der Waals surface area contributed by atoms with E-state index in [-0.39, 0.29) is 16.0 Å². The van der Waals surface area contributed by atoms with Crippen LogP contribution in [0.1, 0.15) is 19.7 Å². The number of nitrogens with zero attached hydrogens (tertiary/aromatic N) is 4. The molecule has 0 unspecified atom stereocenters. The molecular weight excluding hydrogens is 356 g/mol. The molecule has 26 heavy (non-hydrogen) atoms. The molecule has 0 bridgehead atoms. The van der Waals surface area contributed by atoms with Gasteiger partial charge in [0.25, 0.3) is 11.1 Å². The van der Waals surface area contributed by atoms with Crippen molar-refractivity contribution in [3.05, 3.63) is 47.2 Å². The standard InChI is InChI=1S/C17H16N4O4S/c1-3-14-18-19-17(25-14)26-13(16(23)24)9-12-10(2)20-21(15(12)22)11-7-5-4-6-8-11/h4-9,12H,3H2,1-2H3,(H,23,24)/b13-9-/t12-/m1/s1. The minimum atomic E-state index is -1.18. The number of hydrazone groups is 1. The minimum absolute atomic E-state index is 0.0703. The second-order valence-corrected chi connectivity index (χ2v) is 6.45. The molecule has 0 aliphatic carbocycles. The van der Waals surface area contributed by atoms with Gasteiger partial charge in [0, 0.05) is 6.42 Å². The topological polar surface area (TPSA) is 109 Å². The van der Waals surface area contributed by atoms with E-state index >= 15 is 0 Å². The second kappa shape index (κ2) is 7.52. The lowest BCUT2D eigenvalue weighted by Gasteiger charge is -2.12. The molecule has 1 aromatic heterocycles. The first-order valence-corrected chi connectivity index (χ1v) is 8.70. The minimum Gasteiger partial charge on any atom is -0.477 e. The Kier molecular flexibility index (Phi) is 5.17. The maximum Gasteiger partial charge on any atom is 0.342 e. The predicted octanol–water partition coefficient (Wildman–Crippen LogP) is 2.73. The quantitative estimate of drug-likeness (QED) is 0.613. The lowest BCUT2D eigenvalue weighted by Crippen LogP contribution is -2.26. The van der Waals surface area contributed by atoms with E-state index in [0.29, 0.717) is 23.7 Å². The highest BCUT2D eigenvalue weighted by molar-refractivity contribution is 8.03. The fourth-order valence-electron chi connectivity index (χ4n) is 2.34. The number of thioether (sulfide) groups is 1. The average molecular weight is 372 g/mol. The van der Waals surface area contributed by atoms with Gasteiger partial charge in [-0.1, -0.05) is 25.1 Å². The molecule has 0 saturated carbocycles. The molecule has 1 aliphatic rings. The van der Waals surface area contributed by atoms with Gasteiger partial charge in [-0.25, -0.2) is 4.79 Å². The van der Waals surface area contributed by atoms with Gasteiger partial charge in [-0.15, -0.1) is 10.2 Å². The van der Waals surface area contributed by atoms with Crippen molar-refractivity contribution < 1.29 is 19.1 Å². The van der Waals surface area contributed by atoms with Gasteiger partial charge in [-0.3, -0.25) is 4.79 Å². The summed E-state index contributed by atoms with van der Waals surface area (Å²) in [6, 6.07) is 8.97. The van der Waals surface area contributed by atoms with Crippen molar-refractivity contribution in [1.82, 2.24) is 10.2 Å². The van der Waals surface area contributed by atoms with E-state index < -0.39 is 11.9 Å². The molecule has 8 nitrogen and oxygen atoms in total. The number of carboxylic acids is 1. The SMILES string of the molecule is CCc1nnc(S/C(=C\[C@H]2C(=O)N(c3ccccc3)N=C2C)C(=O)O)o1. The van der Waals surface area contributed by atoms with Gasteiger partial charge in [0.2, 0.25) is 5.89 Å². The van der Waals surface area contributed by atoms with Crippen molar-refractivity contribution in [3.63, 3.8) is 0 Å². The summed E-state index contributed by atoms with van der Waals surface area (Å²) in [4.78, 5) is 24.2. The molecule has 0 fully saturated rings. The number of para-hydroxylation sites is 1. The third kappa shape index (κ3) is 3.67. The molecule has 2 aromatic rings. The molecule has 0 saturated heterocycles. The molecule has 3 rings (SSSR count). The largest absolute Gasteiger partial charge is 0.477 e. The number of amides is 1. The third-order valence-corrected chi connectivity index (χ3v) is 4.53. The number of hydrogen-bond acceptors (Lipinski definition) is 7. The van der Waals surface area contributed by atoms with Crippen LogP contribution in [0.5, 0.6) is 0 Å². The maximum absolute atomic E-state index is 12.7. The summed E-state index contributed by atoms with van der Waals surface area (Å²) < 4.78 is 5.33. The van der Waals surface area contributed by atoms with Gasteiger partial charge in [-0.05, 0) is 36.9 Å². The van der Waals surface area contributed by atoms with Crippen molar-refractivity contribution in [2.75, 3.05) is 5.01 Å². The Labute approximate surface area is 153 Å². The number of carboxylic acid groups (broad SMARTS) is 1. The molecular formula is C17H16N4O4S. The van der Waals surface area contributed by atoms with Crippen LogP contribution in [0.3, 0.4) is 0 Å². The molecule has 1 atom stereocenters. The zero-order valence-electron chi connectivity index (χ0n) is 14.1. The number of rotatable bonds is 6. The summed E-state index contributed by atoms with van der Waals surface area (Å²) in [6.07, 6.45) is 1.92. The Morgan fingerprint density at radius 3 is 2.69 bits per heavy atom. The van der Waals surface area contributed by atoms with Crippen LogP contribution in [0.25, 0.3) is 0 Å². The van der Waals surface area contributed by atoms with Crippen LogP contribution in [-0.2, 0) is 16.0 Å². The van der Waals surface area contributed by atoms with Crippen molar-refractivity contribution in [2.45, 2.75) is 25.5 Å². The molecule has 1 aliphatic heterocycles. The number of aromatic nitrogens is 2. The molecule has 9 heteroatoms. The lowest BCUT2D eigenvalue weighted by molar-refractivity contribution is -0.131. The van der Waals surface area contributed by atoms with Crippen molar-refractivity contribution in [3.8, 4) is 0 Å². The van der Waals surface area contributed by atoms with Crippen LogP contribution >= 0.6 is 11.8 Å². The Balaban J connectivity index is 1.85. The van der Waals surface area contributed by atoms with Crippen LogP contribution in [0.2, 0.25) is 0 Å². The summed E-state index contributed by atoms with van der Waals surface area (Å²) in [5.41, 5.74) is 1.14. The Bertz CT molecular complexity index is 891. The summed E-state index contributed by atoms with van der Waals surface area (Å²) in [6.45, 7) is 3.54. The second-order valence-electron chi connectivity index (χ2n) is 5.46. The van der Waals surface area contributed by atoms with Crippen LogP contribution in [-0.4, -0.2) is 32.9 Å². The fourth-order valence-corrected chi connectivity index (χ4v) is 3.04. The molecule has 0 spiro atoms. The first kappa shape index (κ1) is 17.9. The van der Waals surface area contributed by atoms with E-state index in [1.807, 2.05) is 13.0 Å². The third-order valence-electron chi connectivity index (χ3n) is 3.66. The van der Waals surface area contributed by atoms with Crippen LogP contribution in [0.4, 0.5) is 5.69 Å².